The van der Waals surface area contributed by atoms with Crippen molar-refractivity contribution in [2.24, 2.45) is 5.73 Å². The third kappa shape index (κ3) is 5.53. The van der Waals surface area contributed by atoms with Crippen molar-refractivity contribution in [3.8, 4) is 0 Å². The molecule has 0 unspecified atom stereocenters. The van der Waals surface area contributed by atoms with E-state index in [0.29, 0.717) is 0 Å². The average molecular weight is 321 g/mol. The number of hydrogen-bond donors (Lipinski definition) is 2. The van der Waals surface area contributed by atoms with Gasteiger partial charge in [0.2, 0.25) is 0 Å². The smallest absolute Gasteiger partial charge is 0.0705 e. The van der Waals surface area contributed by atoms with Crippen LogP contribution in [-0.4, -0.2) is 37.6 Å². The van der Waals surface area contributed by atoms with Gasteiger partial charge in [0.05, 0.1) is 3.70 Å². The van der Waals surface area contributed by atoms with Gasteiger partial charge in [0.15, 0.2) is 0 Å². The number of nitrogens with one attached hydrogen (secondary N) is 1. The quantitative estimate of drug-likeness (QED) is 0.468. The Balaban J connectivity index is 2.44. The number of nitrogens with two attached hydrogens (primary N) is 1. The molecule has 1 heterocycles. The Morgan fingerprint density at radius 3 is 2.60 bits per heavy atom. The van der Waals surface area contributed by atoms with E-state index in [4.69, 9.17) is 5.73 Å². The first-order valence-corrected chi connectivity index (χ1v) is 6.54. The van der Waals surface area contributed by atoms with Crippen LogP contribution in [0.2, 0.25) is 0 Å². The predicted octanol–water partition coefficient (Wildman–Crippen LogP) is 1.46. The summed E-state index contributed by atoms with van der Waals surface area (Å²) in [4.78, 5) is 2.49. The minimum atomic E-state index is 0.846. The Labute approximate surface area is 106 Å². The molecule has 1 fully saturated rings. The maximum atomic E-state index is 5.61. The number of allylic oxidation sites excluding steroid dienone is 2. The lowest BCUT2D eigenvalue weighted by Gasteiger charge is -2.27. The van der Waals surface area contributed by atoms with Crippen molar-refractivity contribution in [1.29, 1.82) is 0 Å². The molecular formula is C11H20IN3. The van der Waals surface area contributed by atoms with Crippen molar-refractivity contribution < 1.29 is 0 Å². The fraction of sp³-hybridized carbons (Fsp3) is 0.636. The molecule has 0 saturated carbocycles. The largest absolute Gasteiger partial charge is 0.394 e. The number of hydrogen-bond acceptors (Lipinski definition) is 3. The molecule has 0 amide bonds. The zero-order valence-electron chi connectivity index (χ0n) is 9.30. The van der Waals surface area contributed by atoms with E-state index in [0.717, 1.165) is 42.8 Å². The van der Waals surface area contributed by atoms with Crippen molar-refractivity contribution >= 4 is 22.6 Å². The summed E-state index contributed by atoms with van der Waals surface area (Å²) in [5.41, 5.74) is 7.06. The van der Waals surface area contributed by atoms with Crippen LogP contribution in [0.3, 0.4) is 0 Å². The number of rotatable bonds is 4. The van der Waals surface area contributed by atoms with E-state index >= 15 is 0 Å². The molecule has 0 radical (unpaired) electrons. The van der Waals surface area contributed by atoms with Gasteiger partial charge in [0, 0.05) is 32.7 Å². The molecule has 1 aliphatic rings. The monoisotopic (exact) mass is 321 g/mol. The molecule has 86 valence electrons. The third-order valence-corrected chi connectivity index (χ3v) is 2.93. The summed E-state index contributed by atoms with van der Waals surface area (Å²) in [5, 5.41) is 3.36. The molecule has 0 aromatic rings. The van der Waals surface area contributed by atoms with Crippen LogP contribution >= 0.6 is 22.6 Å². The molecule has 0 aliphatic carbocycles. The molecule has 1 saturated heterocycles. The highest BCUT2D eigenvalue weighted by Gasteiger charge is 2.09. The third-order valence-electron chi connectivity index (χ3n) is 2.57. The Kier molecular flexibility index (Phi) is 6.28. The number of piperazine rings is 1. The molecule has 3 N–H and O–H groups in total. The first kappa shape index (κ1) is 13.0. The average Bonchev–Trinajstić information content (AvgIpc) is 2.25. The van der Waals surface area contributed by atoms with Gasteiger partial charge in [0.25, 0.3) is 0 Å². The Morgan fingerprint density at radius 1 is 1.40 bits per heavy atom. The van der Waals surface area contributed by atoms with E-state index in [1.54, 1.807) is 0 Å². The molecule has 1 aliphatic heterocycles. The van der Waals surface area contributed by atoms with Crippen LogP contribution in [0, 0.1) is 0 Å². The van der Waals surface area contributed by atoms with Crippen molar-refractivity contribution in [3.05, 3.63) is 21.4 Å². The summed E-state index contributed by atoms with van der Waals surface area (Å²) in [6.07, 6.45) is 5.25. The van der Waals surface area contributed by atoms with E-state index in [-0.39, 0.29) is 0 Å². The minimum absolute atomic E-state index is 0.846. The summed E-state index contributed by atoms with van der Waals surface area (Å²) in [5.74, 6) is 0. The first-order chi connectivity index (χ1) is 7.22. The van der Waals surface area contributed by atoms with Gasteiger partial charge in [-0.3, -0.25) is 4.90 Å². The summed E-state index contributed by atoms with van der Waals surface area (Å²) < 4.78 is 0.846. The fourth-order valence-electron chi connectivity index (χ4n) is 1.64. The van der Waals surface area contributed by atoms with Crippen LogP contribution in [0.1, 0.15) is 13.3 Å². The molecule has 1 rings (SSSR count). The molecule has 15 heavy (non-hydrogen) atoms. The second kappa shape index (κ2) is 7.24. The molecule has 0 atom stereocenters. The summed E-state index contributed by atoms with van der Waals surface area (Å²) in [6.45, 7) is 7.81. The van der Waals surface area contributed by atoms with Crippen molar-refractivity contribution in [1.82, 2.24) is 10.2 Å². The highest BCUT2D eigenvalue weighted by molar-refractivity contribution is 14.1. The zero-order chi connectivity index (χ0) is 11.1. The second-order valence-electron chi connectivity index (χ2n) is 3.76. The van der Waals surface area contributed by atoms with Gasteiger partial charge < -0.3 is 11.1 Å². The minimum Gasteiger partial charge on any atom is -0.394 e. The molecule has 0 aromatic carbocycles. The van der Waals surface area contributed by atoms with E-state index in [9.17, 15) is 0 Å². The van der Waals surface area contributed by atoms with Crippen molar-refractivity contribution in [3.63, 3.8) is 0 Å². The molecule has 4 heteroatoms. The molecule has 0 aromatic heterocycles. The van der Waals surface area contributed by atoms with Crippen LogP contribution in [0.5, 0.6) is 0 Å². The fourth-order valence-corrected chi connectivity index (χ4v) is 1.82. The summed E-state index contributed by atoms with van der Waals surface area (Å²) in [6, 6.07) is 0. The van der Waals surface area contributed by atoms with E-state index in [2.05, 4.69) is 45.8 Å². The van der Waals surface area contributed by atoms with Gasteiger partial charge in [-0.05, 0) is 35.1 Å². The molecule has 3 nitrogen and oxygen atoms in total. The van der Waals surface area contributed by atoms with E-state index < -0.39 is 0 Å². The summed E-state index contributed by atoms with van der Waals surface area (Å²) >= 11 is 2.13. The SMILES string of the molecule is CC/C(=C\C=C(/N)I)CN1CCNCC1. The van der Waals surface area contributed by atoms with Gasteiger partial charge in [0.1, 0.15) is 0 Å². The van der Waals surface area contributed by atoms with Gasteiger partial charge in [-0.1, -0.05) is 18.6 Å². The van der Waals surface area contributed by atoms with Crippen molar-refractivity contribution in [2.75, 3.05) is 32.7 Å². The second-order valence-corrected chi connectivity index (χ2v) is 5.00. The van der Waals surface area contributed by atoms with Gasteiger partial charge >= 0.3 is 0 Å². The predicted molar refractivity (Wildman–Crippen MR) is 74.0 cm³/mol. The Hall–Kier alpha value is -0.0700. The maximum Gasteiger partial charge on any atom is 0.0705 e. The van der Waals surface area contributed by atoms with E-state index in [1.807, 2.05) is 6.08 Å². The number of nitrogens with zero attached hydrogens (tertiary/aromatic N) is 1. The lowest BCUT2D eigenvalue weighted by atomic mass is 10.1. The van der Waals surface area contributed by atoms with Crippen LogP contribution in [-0.2, 0) is 0 Å². The first-order valence-electron chi connectivity index (χ1n) is 5.46. The Morgan fingerprint density at radius 2 is 2.07 bits per heavy atom. The van der Waals surface area contributed by atoms with Gasteiger partial charge in [-0.25, -0.2) is 0 Å². The van der Waals surface area contributed by atoms with Crippen molar-refractivity contribution in [2.45, 2.75) is 13.3 Å². The van der Waals surface area contributed by atoms with Crippen LogP contribution in [0.25, 0.3) is 0 Å². The lowest BCUT2D eigenvalue weighted by molar-refractivity contribution is 0.258. The van der Waals surface area contributed by atoms with Gasteiger partial charge in [-0.15, -0.1) is 0 Å². The van der Waals surface area contributed by atoms with Crippen LogP contribution in [0.15, 0.2) is 21.4 Å². The van der Waals surface area contributed by atoms with E-state index in [1.165, 1.54) is 5.57 Å². The normalized spacial score (nSPS) is 20.7. The highest BCUT2D eigenvalue weighted by Crippen LogP contribution is 2.07. The standard InChI is InChI=1S/C11H20IN3/c1-2-10(3-4-11(12)13)9-15-7-5-14-6-8-15/h3-4,14H,2,5-9,13H2,1H3/b10-3+,11-4-. The van der Waals surface area contributed by atoms with Crippen LogP contribution in [0.4, 0.5) is 0 Å². The number of halogens is 1. The topological polar surface area (TPSA) is 41.3 Å². The molecule has 0 spiro atoms. The zero-order valence-corrected chi connectivity index (χ0v) is 11.5. The summed E-state index contributed by atoms with van der Waals surface area (Å²) in [7, 11) is 0. The molecular weight excluding hydrogens is 301 g/mol. The maximum absolute atomic E-state index is 5.61. The highest BCUT2D eigenvalue weighted by atomic mass is 127. The molecule has 0 bridgehead atoms. The Bertz CT molecular complexity index is 238. The van der Waals surface area contributed by atoms with Crippen LogP contribution < -0.4 is 11.1 Å². The lowest BCUT2D eigenvalue weighted by Crippen LogP contribution is -2.44. The van der Waals surface area contributed by atoms with Gasteiger partial charge in [-0.2, -0.15) is 0 Å².